The highest BCUT2D eigenvalue weighted by molar-refractivity contribution is 5.97. The fourth-order valence-corrected chi connectivity index (χ4v) is 2.94. The average molecular weight is 417 g/mol. The largest absolute Gasteiger partial charge is 0.465 e. The molecule has 1 aliphatic rings. The minimum atomic E-state index is -0.685. The SMILES string of the molecule is COC(=O)c1cc(Nc2ncnc(N3CCOCC3)c2[N+](=O)[O-])cc(C(=O)OC)c1. The van der Waals surface area contributed by atoms with E-state index in [2.05, 4.69) is 15.3 Å². The van der Waals surface area contributed by atoms with Gasteiger partial charge in [0.2, 0.25) is 11.6 Å². The first-order valence-electron chi connectivity index (χ1n) is 8.85. The lowest BCUT2D eigenvalue weighted by Gasteiger charge is -2.27. The summed E-state index contributed by atoms with van der Waals surface area (Å²) in [5.74, 6) is -1.31. The fourth-order valence-electron chi connectivity index (χ4n) is 2.94. The van der Waals surface area contributed by atoms with E-state index in [0.717, 1.165) is 0 Å². The third-order valence-electron chi connectivity index (χ3n) is 4.33. The molecule has 2 aromatic rings. The van der Waals surface area contributed by atoms with Crippen molar-refractivity contribution in [2.45, 2.75) is 0 Å². The Labute approximate surface area is 170 Å². The van der Waals surface area contributed by atoms with Crippen molar-refractivity contribution in [1.82, 2.24) is 9.97 Å². The Balaban J connectivity index is 2.04. The molecule has 1 aliphatic heterocycles. The lowest BCUT2D eigenvalue weighted by molar-refractivity contribution is -0.383. The van der Waals surface area contributed by atoms with Crippen molar-refractivity contribution in [3.63, 3.8) is 0 Å². The van der Waals surface area contributed by atoms with Crippen LogP contribution in [0.5, 0.6) is 0 Å². The lowest BCUT2D eigenvalue weighted by Crippen LogP contribution is -2.37. The molecule has 3 rings (SSSR count). The van der Waals surface area contributed by atoms with Crippen molar-refractivity contribution in [3.8, 4) is 0 Å². The second kappa shape index (κ2) is 9.13. The molecule has 1 aromatic heterocycles. The highest BCUT2D eigenvalue weighted by atomic mass is 16.6. The molecule has 2 heterocycles. The molecule has 0 unspecified atom stereocenters. The summed E-state index contributed by atoms with van der Waals surface area (Å²) in [6.07, 6.45) is 1.20. The Morgan fingerprint density at radius 2 is 1.70 bits per heavy atom. The molecule has 1 saturated heterocycles. The number of nitrogens with one attached hydrogen (secondary N) is 1. The smallest absolute Gasteiger partial charge is 0.353 e. The van der Waals surface area contributed by atoms with E-state index in [9.17, 15) is 19.7 Å². The van der Waals surface area contributed by atoms with Crippen LogP contribution in [0.1, 0.15) is 20.7 Å². The van der Waals surface area contributed by atoms with E-state index in [1.807, 2.05) is 0 Å². The molecule has 12 nitrogen and oxygen atoms in total. The molecule has 1 aromatic carbocycles. The zero-order valence-electron chi connectivity index (χ0n) is 16.3. The van der Waals surface area contributed by atoms with Gasteiger partial charge < -0.3 is 24.4 Å². The number of nitrogens with zero attached hydrogens (tertiary/aromatic N) is 4. The van der Waals surface area contributed by atoms with Crippen LogP contribution in [0.15, 0.2) is 24.5 Å². The molecule has 1 N–H and O–H groups in total. The third kappa shape index (κ3) is 4.43. The summed E-state index contributed by atoms with van der Waals surface area (Å²) in [5, 5.41) is 14.6. The van der Waals surface area contributed by atoms with E-state index >= 15 is 0 Å². The maximum atomic E-state index is 12.0. The van der Waals surface area contributed by atoms with Gasteiger partial charge in [0.1, 0.15) is 6.33 Å². The second-order valence-electron chi connectivity index (χ2n) is 6.16. The van der Waals surface area contributed by atoms with Gasteiger partial charge in [0.25, 0.3) is 0 Å². The van der Waals surface area contributed by atoms with Gasteiger partial charge in [0.15, 0.2) is 0 Å². The standard InChI is InChI=1S/C18H19N5O7/c1-28-17(24)11-7-12(18(25)29-2)9-13(8-11)21-15-14(23(26)27)16(20-10-19-15)22-3-5-30-6-4-22/h7-10H,3-6H2,1-2H3,(H,19,20,21). The van der Waals surface area contributed by atoms with E-state index in [0.29, 0.717) is 26.3 Å². The summed E-state index contributed by atoms with van der Waals surface area (Å²) < 4.78 is 14.7. The highest BCUT2D eigenvalue weighted by Crippen LogP contribution is 2.34. The molecule has 158 valence electrons. The topological polar surface area (TPSA) is 146 Å². The molecule has 0 radical (unpaired) electrons. The molecule has 0 atom stereocenters. The lowest BCUT2D eigenvalue weighted by atomic mass is 10.1. The molecule has 12 heteroatoms. The van der Waals surface area contributed by atoms with Crippen LogP contribution in [0, 0.1) is 10.1 Å². The van der Waals surface area contributed by atoms with Gasteiger partial charge in [-0.3, -0.25) is 10.1 Å². The number of morpholine rings is 1. The number of rotatable bonds is 6. The number of carbonyl (C=O) groups excluding carboxylic acids is 2. The van der Waals surface area contributed by atoms with Gasteiger partial charge in [-0.05, 0) is 18.2 Å². The van der Waals surface area contributed by atoms with Crippen LogP contribution in [0.4, 0.5) is 23.0 Å². The van der Waals surface area contributed by atoms with Crippen LogP contribution in [0.3, 0.4) is 0 Å². The first-order chi connectivity index (χ1) is 14.4. The van der Waals surface area contributed by atoms with Crippen LogP contribution in [0.25, 0.3) is 0 Å². The molecule has 1 fully saturated rings. The Kier molecular flexibility index (Phi) is 6.37. The minimum absolute atomic E-state index is 0.0630. The summed E-state index contributed by atoms with van der Waals surface area (Å²) in [7, 11) is 2.40. The van der Waals surface area contributed by atoms with Crippen molar-refractivity contribution in [1.29, 1.82) is 0 Å². The molecular weight excluding hydrogens is 398 g/mol. The van der Waals surface area contributed by atoms with Gasteiger partial charge in [0, 0.05) is 18.8 Å². The van der Waals surface area contributed by atoms with Gasteiger partial charge in [0.05, 0.1) is 43.5 Å². The monoisotopic (exact) mass is 417 g/mol. The molecule has 0 aliphatic carbocycles. The highest BCUT2D eigenvalue weighted by Gasteiger charge is 2.28. The van der Waals surface area contributed by atoms with Gasteiger partial charge in [-0.1, -0.05) is 0 Å². The van der Waals surface area contributed by atoms with Crippen molar-refractivity contribution in [2.24, 2.45) is 0 Å². The number of esters is 2. The van der Waals surface area contributed by atoms with Gasteiger partial charge in [-0.15, -0.1) is 0 Å². The summed E-state index contributed by atoms with van der Waals surface area (Å²) >= 11 is 0. The summed E-state index contributed by atoms with van der Waals surface area (Å²) in [6, 6.07) is 4.08. The van der Waals surface area contributed by atoms with Crippen LogP contribution < -0.4 is 10.2 Å². The van der Waals surface area contributed by atoms with E-state index in [4.69, 9.17) is 14.2 Å². The van der Waals surface area contributed by atoms with Crippen molar-refractivity contribution in [3.05, 3.63) is 45.8 Å². The number of nitro groups is 1. The normalized spacial score (nSPS) is 13.5. The maximum Gasteiger partial charge on any atom is 0.353 e. The fraction of sp³-hybridized carbons (Fsp3) is 0.333. The van der Waals surface area contributed by atoms with Crippen molar-refractivity contribution in [2.75, 3.05) is 50.7 Å². The Hall–Kier alpha value is -3.80. The number of aromatic nitrogens is 2. The second-order valence-corrected chi connectivity index (χ2v) is 6.16. The zero-order valence-corrected chi connectivity index (χ0v) is 16.3. The van der Waals surface area contributed by atoms with E-state index in [1.54, 1.807) is 4.90 Å². The van der Waals surface area contributed by atoms with Crippen LogP contribution in [-0.4, -0.2) is 67.4 Å². The molecule has 0 bridgehead atoms. The number of methoxy groups -OCH3 is 2. The Bertz CT molecular complexity index is 941. The van der Waals surface area contributed by atoms with Gasteiger partial charge in [-0.25, -0.2) is 19.6 Å². The number of anilines is 3. The number of benzene rings is 1. The molecular formula is C18H19N5O7. The first-order valence-corrected chi connectivity index (χ1v) is 8.85. The van der Waals surface area contributed by atoms with E-state index < -0.39 is 16.9 Å². The van der Waals surface area contributed by atoms with E-state index in [1.165, 1.54) is 38.7 Å². The zero-order chi connectivity index (χ0) is 21.7. The maximum absolute atomic E-state index is 12.0. The minimum Gasteiger partial charge on any atom is -0.465 e. The third-order valence-corrected chi connectivity index (χ3v) is 4.33. The molecule has 0 saturated carbocycles. The number of hydrogen-bond donors (Lipinski definition) is 1. The quantitative estimate of drug-likeness (QED) is 0.415. The average Bonchev–Trinajstić information content (AvgIpc) is 2.77. The predicted molar refractivity (Wildman–Crippen MR) is 104 cm³/mol. The van der Waals surface area contributed by atoms with E-state index in [-0.39, 0.29) is 34.1 Å². The number of ether oxygens (including phenoxy) is 3. The van der Waals surface area contributed by atoms with Crippen LogP contribution in [0.2, 0.25) is 0 Å². The van der Waals surface area contributed by atoms with Crippen molar-refractivity contribution < 1.29 is 28.7 Å². The van der Waals surface area contributed by atoms with Gasteiger partial charge >= 0.3 is 17.6 Å². The molecule has 30 heavy (non-hydrogen) atoms. The van der Waals surface area contributed by atoms with Crippen molar-refractivity contribution >= 4 is 34.9 Å². The predicted octanol–water partition coefficient (Wildman–Crippen LogP) is 1.54. The number of hydrogen-bond acceptors (Lipinski definition) is 11. The van der Waals surface area contributed by atoms with Crippen LogP contribution >= 0.6 is 0 Å². The molecule has 0 spiro atoms. The van der Waals surface area contributed by atoms with Crippen LogP contribution in [-0.2, 0) is 14.2 Å². The number of carbonyl (C=O) groups is 2. The summed E-state index contributed by atoms with van der Waals surface area (Å²) in [5.41, 5.74) is 0.0107. The van der Waals surface area contributed by atoms with Gasteiger partial charge in [-0.2, -0.15) is 0 Å². The molecule has 0 amide bonds. The Morgan fingerprint density at radius 3 is 2.23 bits per heavy atom. The summed E-state index contributed by atoms with van der Waals surface area (Å²) in [6.45, 7) is 1.74. The first kappa shape index (κ1) is 20.9. The Morgan fingerprint density at radius 1 is 1.10 bits per heavy atom. The summed E-state index contributed by atoms with van der Waals surface area (Å²) in [4.78, 5) is 44.9.